The molecule has 4 nitrogen and oxygen atoms in total. The molecule has 0 saturated carbocycles. The van der Waals surface area contributed by atoms with Crippen molar-refractivity contribution in [3.05, 3.63) is 65.2 Å². The number of anilines is 1. The molecule has 0 aliphatic heterocycles. The van der Waals surface area contributed by atoms with Crippen LogP contribution in [0.15, 0.2) is 42.5 Å². The minimum Gasteiger partial charge on any atom is -0.351 e. The van der Waals surface area contributed by atoms with Crippen LogP contribution in [0, 0.1) is 11.6 Å². The number of benzene rings is 2. The molecule has 0 aliphatic rings. The van der Waals surface area contributed by atoms with Gasteiger partial charge in [0.2, 0.25) is 5.91 Å². The van der Waals surface area contributed by atoms with Crippen LogP contribution in [0.2, 0.25) is 0 Å². The maximum atomic E-state index is 13.5. The van der Waals surface area contributed by atoms with E-state index in [1.54, 1.807) is 0 Å². The Morgan fingerprint density at radius 1 is 1.08 bits per heavy atom. The van der Waals surface area contributed by atoms with Gasteiger partial charge in [0.05, 0.1) is 5.56 Å². The summed E-state index contributed by atoms with van der Waals surface area (Å²) in [6.07, 6.45) is 0.837. The summed E-state index contributed by atoms with van der Waals surface area (Å²) < 4.78 is 26.3. The van der Waals surface area contributed by atoms with E-state index in [1.807, 2.05) is 31.2 Å². The number of amides is 2. The van der Waals surface area contributed by atoms with Crippen molar-refractivity contribution < 1.29 is 18.4 Å². The van der Waals surface area contributed by atoms with Crippen LogP contribution in [0.3, 0.4) is 0 Å². The summed E-state index contributed by atoms with van der Waals surface area (Å²) in [5.74, 6) is -2.63. The average Bonchev–Trinajstić information content (AvgIpc) is 2.55. The van der Waals surface area contributed by atoms with Gasteiger partial charge in [0.25, 0.3) is 5.91 Å². The summed E-state index contributed by atoms with van der Waals surface area (Å²) in [5, 5.41) is 5.22. The Bertz CT molecular complexity index is 748. The lowest BCUT2D eigenvalue weighted by Gasteiger charge is -2.10. The van der Waals surface area contributed by atoms with Crippen LogP contribution in [-0.2, 0) is 11.2 Å². The predicted molar refractivity (Wildman–Crippen MR) is 87.8 cm³/mol. The maximum absolute atomic E-state index is 13.5. The first-order chi connectivity index (χ1) is 11.5. The molecule has 2 N–H and O–H groups in total. The Hall–Kier alpha value is -2.76. The molecule has 0 bridgehead atoms. The number of carbonyl (C=O) groups is 2. The van der Waals surface area contributed by atoms with Gasteiger partial charge >= 0.3 is 0 Å². The van der Waals surface area contributed by atoms with Crippen molar-refractivity contribution in [3.8, 4) is 0 Å². The summed E-state index contributed by atoms with van der Waals surface area (Å²) in [6, 6.07) is 10.2. The highest BCUT2D eigenvalue weighted by atomic mass is 19.1. The number of halogens is 2. The van der Waals surface area contributed by atoms with E-state index in [2.05, 4.69) is 10.6 Å². The molecule has 0 atom stereocenters. The van der Waals surface area contributed by atoms with E-state index >= 15 is 0 Å². The second-order valence-corrected chi connectivity index (χ2v) is 5.19. The van der Waals surface area contributed by atoms with E-state index in [0.717, 1.165) is 29.8 Å². The van der Waals surface area contributed by atoms with E-state index in [-0.39, 0.29) is 24.4 Å². The molecule has 0 heterocycles. The standard InChI is InChI=1S/C18H18F2N2O2/c1-2-12-5-3-4-6-16(12)22-17(23)9-10-21-18(24)14-8-7-13(19)11-15(14)20/h3-8,11H,2,9-10H2,1H3,(H,21,24)(H,22,23). The third kappa shape index (κ3) is 4.62. The van der Waals surface area contributed by atoms with Crippen molar-refractivity contribution in [2.24, 2.45) is 0 Å². The fraction of sp³-hybridized carbons (Fsp3) is 0.222. The molecule has 2 rings (SSSR count). The number of hydrogen-bond donors (Lipinski definition) is 2. The van der Waals surface area contributed by atoms with Gasteiger partial charge in [0, 0.05) is 24.7 Å². The Balaban J connectivity index is 1.85. The predicted octanol–water partition coefficient (Wildman–Crippen LogP) is 3.29. The van der Waals surface area contributed by atoms with E-state index in [4.69, 9.17) is 0 Å². The van der Waals surface area contributed by atoms with Gasteiger partial charge in [-0.3, -0.25) is 9.59 Å². The summed E-state index contributed by atoms with van der Waals surface area (Å²) in [4.78, 5) is 23.7. The highest BCUT2D eigenvalue weighted by molar-refractivity contribution is 5.95. The quantitative estimate of drug-likeness (QED) is 0.853. The summed E-state index contributed by atoms with van der Waals surface area (Å²) in [7, 11) is 0. The molecule has 0 spiro atoms. The first-order valence-electron chi connectivity index (χ1n) is 7.62. The molecule has 0 aromatic heterocycles. The molecule has 0 unspecified atom stereocenters. The van der Waals surface area contributed by atoms with Crippen molar-refractivity contribution in [2.45, 2.75) is 19.8 Å². The lowest BCUT2D eigenvalue weighted by atomic mass is 10.1. The highest BCUT2D eigenvalue weighted by Gasteiger charge is 2.13. The van der Waals surface area contributed by atoms with Gasteiger partial charge in [-0.25, -0.2) is 8.78 Å². The number of para-hydroxylation sites is 1. The lowest BCUT2D eigenvalue weighted by Crippen LogP contribution is -2.28. The molecule has 2 amide bonds. The molecular formula is C18H18F2N2O2. The Kier molecular flexibility index (Phi) is 6.01. The zero-order valence-electron chi connectivity index (χ0n) is 13.2. The fourth-order valence-corrected chi connectivity index (χ4v) is 2.22. The number of rotatable bonds is 6. The van der Waals surface area contributed by atoms with E-state index in [1.165, 1.54) is 0 Å². The SMILES string of the molecule is CCc1ccccc1NC(=O)CCNC(=O)c1ccc(F)cc1F. The van der Waals surface area contributed by atoms with Crippen LogP contribution in [-0.4, -0.2) is 18.4 Å². The van der Waals surface area contributed by atoms with Gasteiger partial charge in [-0.15, -0.1) is 0 Å². The number of nitrogens with one attached hydrogen (secondary N) is 2. The molecule has 24 heavy (non-hydrogen) atoms. The molecular weight excluding hydrogens is 314 g/mol. The second kappa shape index (κ2) is 8.19. The molecule has 6 heteroatoms. The Morgan fingerprint density at radius 2 is 1.83 bits per heavy atom. The molecule has 2 aromatic carbocycles. The minimum atomic E-state index is -0.936. The largest absolute Gasteiger partial charge is 0.351 e. The number of carbonyl (C=O) groups excluding carboxylic acids is 2. The first kappa shape index (κ1) is 17.6. The van der Waals surface area contributed by atoms with Crippen molar-refractivity contribution in [3.63, 3.8) is 0 Å². The van der Waals surface area contributed by atoms with Crippen molar-refractivity contribution >= 4 is 17.5 Å². The molecule has 0 fully saturated rings. The van der Waals surface area contributed by atoms with Crippen LogP contribution in [0.5, 0.6) is 0 Å². The summed E-state index contributed by atoms with van der Waals surface area (Å²) in [6.45, 7) is 2.04. The smallest absolute Gasteiger partial charge is 0.254 e. The van der Waals surface area contributed by atoms with Gasteiger partial charge < -0.3 is 10.6 Å². The van der Waals surface area contributed by atoms with Gasteiger partial charge in [0.15, 0.2) is 0 Å². The number of aryl methyl sites for hydroxylation is 1. The maximum Gasteiger partial charge on any atom is 0.254 e. The minimum absolute atomic E-state index is 0.0482. The van der Waals surface area contributed by atoms with Gasteiger partial charge in [0.1, 0.15) is 11.6 Å². The van der Waals surface area contributed by atoms with Gasteiger partial charge in [-0.2, -0.15) is 0 Å². The summed E-state index contributed by atoms with van der Waals surface area (Å²) in [5.41, 5.74) is 1.50. The highest BCUT2D eigenvalue weighted by Crippen LogP contribution is 2.15. The van der Waals surface area contributed by atoms with E-state index in [0.29, 0.717) is 6.07 Å². The Morgan fingerprint density at radius 3 is 2.54 bits per heavy atom. The third-order valence-electron chi connectivity index (χ3n) is 3.49. The van der Waals surface area contributed by atoms with Crippen molar-refractivity contribution in [2.75, 3.05) is 11.9 Å². The first-order valence-corrected chi connectivity index (χ1v) is 7.62. The monoisotopic (exact) mass is 332 g/mol. The molecule has 0 radical (unpaired) electrons. The van der Waals surface area contributed by atoms with E-state index in [9.17, 15) is 18.4 Å². The molecule has 126 valence electrons. The average molecular weight is 332 g/mol. The topological polar surface area (TPSA) is 58.2 Å². The van der Waals surface area contributed by atoms with Crippen LogP contribution < -0.4 is 10.6 Å². The van der Waals surface area contributed by atoms with Crippen molar-refractivity contribution in [1.82, 2.24) is 5.32 Å². The van der Waals surface area contributed by atoms with E-state index < -0.39 is 17.5 Å². The van der Waals surface area contributed by atoms with Crippen LogP contribution >= 0.6 is 0 Å². The third-order valence-corrected chi connectivity index (χ3v) is 3.49. The molecule has 0 saturated heterocycles. The summed E-state index contributed by atoms with van der Waals surface area (Å²) >= 11 is 0. The lowest BCUT2D eigenvalue weighted by molar-refractivity contribution is -0.116. The molecule has 2 aromatic rings. The molecule has 0 aliphatic carbocycles. The zero-order chi connectivity index (χ0) is 17.5. The van der Waals surface area contributed by atoms with Crippen LogP contribution in [0.25, 0.3) is 0 Å². The number of hydrogen-bond acceptors (Lipinski definition) is 2. The zero-order valence-corrected chi connectivity index (χ0v) is 13.2. The second-order valence-electron chi connectivity index (χ2n) is 5.19. The van der Waals surface area contributed by atoms with Gasteiger partial charge in [-0.1, -0.05) is 25.1 Å². The fourth-order valence-electron chi connectivity index (χ4n) is 2.22. The van der Waals surface area contributed by atoms with Gasteiger partial charge in [-0.05, 0) is 30.2 Å². The Labute approximate surface area is 138 Å². The van der Waals surface area contributed by atoms with Crippen LogP contribution in [0.1, 0.15) is 29.3 Å². The normalized spacial score (nSPS) is 10.3. The van der Waals surface area contributed by atoms with Crippen molar-refractivity contribution in [1.29, 1.82) is 0 Å². The van der Waals surface area contributed by atoms with Crippen LogP contribution in [0.4, 0.5) is 14.5 Å².